The van der Waals surface area contributed by atoms with Gasteiger partial charge in [-0.2, -0.15) is 0 Å². The molecule has 132 valence electrons. The third kappa shape index (κ3) is 4.43. The van der Waals surface area contributed by atoms with Gasteiger partial charge in [-0.25, -0.2) is 0 Å². The number of amides is 1. The summed E-state index contributed by atoms with van der Waals surface area (Å²) >= 11 is 1.70. The van der Waals surface area contributed by atoms with E-state index < -0.39 is 4.92 Å². The van der Waals surface area contributed by atoms with Crippen LogP contribution in [0.4, 0.5) is 5.69 Å². The summed E-state index contributed by atoms with van der Waals surface area (Å²) < 4.78 is 0. The van der Waals surface area contributed by atoms with E-state index in [2.05, 4.69) is 21.7 Å². The molecule has 0 aliphatic carbocycles. The lowest BCUT2D eigenvalue weighted by atomic mass is 10.1. The second-order valence-corrected chi connectivity index (χ2v) is 7.12. The lowest BCUT2D eigenvalue weighted by Crippen LogP contribution is -2.40. The van der Waals surface area contributed by atoms with Gasteiger partial charge in [0.15, 0.2) is 0 Å². The van der Waals surface area contributed by atoms with Crippen molar-refractivity contribution in [3.63, 3.8) is 0 Å². The summed E-state index contributed by atoms with van der Waals surface area (Å²) in [5.74, 6) is -0.276. The van der Waals surface area contributed by atoms with Crippen LogP contribution in [0.2, 0.25) is 0 Å². The standard InChI is InChI=1S/C18H21N3O3S/c22-18(14-6-4-7-15(12-14)21(23)24)19-13-16(17-8-5-11-25-17)20-9-2-1-3-10-20/h4-8,11-12,16H,1-3,9-10,13H2,(H,19,22). The van der Waals surface area contributed by atoms with E-state index in [1.54, 1.807) is 17.4 Å². The van der Waals surface area contributed by atoms with Crippen LogP contribution in [-0.4, -0.2) is 35.4 Å². The van der Waals surface area contributed by atoms with Crippen molar-refractivity contribution in [2.75, 3.05) is 19.6 Å². The Balaban J connectivity index is 1.69. The number of hydrogen-bond donors (Lipinski definition) is 1. The average Bonchev–Trinajstić information content (AvgIpc) is 3.17. The zero-order valence-electron chi connectivity index (χ0n) is 13.9. The molecule has 1 N–H and O–H groups in total. The van der Waals surface area contributed by atoms with Gasteiger partial charge >= 0.3 is 0 Å². The number of likely N-dealkylation sites (tertiary alicyclic amines) is 1. The second-order valence-electron chi connectivity index (χ2n) is 6.15. The van der Waals surface area contributed by atoms with Crippen LogP contribution in [0.25, 0.3) is 0 Å². The van der Waals surface area contributed by atoms with Gasteiger partial charge in [0.05, 0.1) is 11.0 Å². The Morgan fingerprint density at radius 1 is 1.24 bits per heavy atom. The van der Waals surface area contributed by atoms with Crippen LogP contribution in [0.3, 0.4) is 0 Å². The van der Waals surface area contributed by atoms with Gasteiger partial charge in [-0.15, -0.1) is 11.3 Å². The van der Waals surface area contributed by atoms with E-state index >= 15 is 0 Å². The summed E-state index contributed by atoms with van der Waals surface area (Å²) in [6.45, 7) is 2.58. The molecule has 3 rings (SSSR count). The maximum absolute atomic E-state index is 12.4. The molecule has 1 amide bonds. The van der Waals surface area contributed by atoms with Crippen LogP contribution < -0.4 is 5.32 Å². The number of nitro groups is 1. The van der Waals surface area contributed by atoms with Gasteiger partial charge in [-0.05, 0) is 43.4 Å². The van der Waals surface area contributed by atoms with Crippen LogP contribution in [0.1, 0.15) is 40.5 Å². The fourth-order valence-electron chi connectivity index (χ4n) is 3.17. The van der Waals surface area contributed by atoms with Crippen molar-refractivity contribution in [2.45, 2.75) is 25.3 Å². The summed E-state index contributed by atoms with van der Waals surface area (Å²) in [4.78, 5) is 26.5. The molecule has 0 radical (unpaired) electrons. The maximum Gasteiger partial charge on any atom is 0.270 e. The van der Waals surface area contributed by atoms with Gasteiger partial charge in [0.1, 0.15) is 0 Å². The van der Waals surface area contributed by atoms with Crippen LogP contribution in [0.15, 0.2) is 41.8 Å². The van der Waals surface area contributed by atoms with Crippen molar-refractivity contribution in [3.05, 3.63) is 62.3 Å². The summed E-state index contributed by atoms with van der Waals surface area (Å²) in [6.07, 6.45) is 3.62. The van der Waals surface area contributed by atoms with Gasteiger partial charge in [-0.3, -0.25) is 19.8 Å². The minimum atomic E-state index is -0.487. The summed E-state index contributed by atoms with van der Waals surface area (Å²) in [5.41, 5.74) is 0.247. The number of hydrogen-bond acceptors (Lipinski definition) is 5. The lowest BCUT2D eigenvalue weighted by molar-refractivity contribution is -0.384. The highest BCUT2D eigenvalue weighted by atomic mass is 32.1. The van der Waals surface area contributed by atoms with Crippen molar-refractivity contribution in [1.29, 1.82) is 0 Å². The predicted octanol–water partition coefficient (Wildman–Crippen LogP) is 3.61. The number of piperidine rings is 1. The molecule has 2 heterocycles. The van der Waals surface area contributed by atoms with Gasteiger partial charge in [0.2, 0.25) is 0 Å². The number of non-ortho nitro benzene ring substituents is 1. The van der Waals surface area contributed by atoms with E-state index in [1.165, 1.54) is 42.3 Å². The van der Waals surface area contributed by atoms with Crippen LogP contribution in [0.5, 0.6) is 0 Å². The van der Waals surface area contributed by atoms with Crippen LogP contribution in [-0.2, 0) is 0 Å². The highest BCUT2D eigenvalue weighted by Crippen LogP contribution is 2.27. The molecule has 1 aliphatic heterocycles. The molecule has 25 heavy (non-hydrogen) atoms. The SMILES string of the molecule is O=C(NCC(c1cccs1)N1CCCCC1)c1cccc([N+](=O)[O-])c1. The van der Waals surface area contributed by atoms with Gasteiger partial charge in [0.25, 0.3) is 11.6 Å². The number of nitrogens with one attached hydrogen (secondary N) is 1. The fourth-order valence-corrected chi connectivity index (χ4v) is 4.03. The van der Waals surface area contributed by atoms with E-state index in [-0.39, 0.29) is 17.6 Å². The van der Waals surface area contributed by atoms with Crippen molar-refractivity contribution in [3.8, 4) is 0 Å². The molecule has 1 aliphatic rings. The number of nitro benzene ring substituents is 1. The molecule has 1 unspecified atom stereocenters. The van der Waals surface area contributed by atoms with Gasteiger partial charge in [-0.1, -0.05) is 18.6 Å². The number of nitrogens with zero attached hydrogens (tertiary/aromatic N) is 2. The smallest absolute Gasteiger partial charge is 0.270 e. The van der Waals surface area contributed by atoms with Gasteiger partial charge < -0.3 is 5.32 Å². The molecule has 0 saturated carbocycles. The molecule has 1 atom stereocenters. The fraction of sp³-hybridized carbons (Fsp3) is 0.389. The lowest BCUT2D eigenvalue weighted by Gasteiger charge is -2.34. The molecule has 0 bridgehead atoms. The Kier molecular flexibility index (Phi) is 5.78. The molecule has 1 aromatic carbocycles. The first-order valence-corrected chi connectivity index (χ1v) is 9.33. The average molecular weight is 359 g/mol. The van der Waals surface area contributed by atoms with Crippen LogP contribution in [0, 0.1) is 10.1 Å². The van der Waals surface area contributed by atoms with Crippen LogP contribution >= 0.6 is 11.3 Å². The van der Waals surface area contributed by atoms with Gasteiger partial charge in [0, 0.05) is 29.1 Å². The molecule has 1 fully saturated rings. The Bertz CT molecular complexity index is 727. The predicted molar refractivity (Wildman–Crippen MR) is 97.9 cm³/mol. The molecular formula is C18H21N3O3S. The maximum atomic E-state index is 12.4. The highest BCUT2D eigenvalue weighted by molar-refractivity contribution is 7.10. The number of rotatable bonds is 6. The van der Waals surface area contributed by atoms with Crippen molar-refractivity contribution in [2.24, 2.45) is 0 Å². The third-order valence-corrected chi connectivity index (χ3v) is 5.45. The van der Waals surface area contributed by atoms with E-state index in [0.717, 1.165) is 13.1 Å². The minimum Gasteiger partial charge on any atom is -0.350 e. The second kappa shape index (κ2) is 8.22. The summed E-state index contributed by atoms with van der Waals surface area (Å²) in [6, 6.07) is 10.1. The normalized spacial score (nSPS) is 16.3. The van der Waals surface area contributed by atoms with Crippen molar-refractivity contribution < 1.29 is 9.72 Å². The first-order chi connectivity index (χ1) is 12.1. The van der Waals surface area contributed by atoms with Crippen molar-refractivity contribution in [1.82, 2.24) is 10.2 Å². The molecule has 1 aromatic heterocycles. The molecule has 7 heteroatoms. The molecular weight excluding hydrogens is 338 g/mol. The van der Waals surface area contributed by atoms with Crippen molar-refractivity contribution >= 4 is 22.9 Å². The molecule has 1 saturated heterocycles. The largest absolute Gasteiger partial charge is 0.350 e. The molecule has 6 nitrogen and oxygen atoms in total. The minimum absolute atomic E-state index is 0.0708. The van der Waals surface area contributed by atoms with E-state index in [1.807, 2.05) is 6.07 Å². The topological polar surface area (TPSA) is 75.5 Å². The first kappa shape index (κ1) is 17.6. The first-order valence-electron chi connectivity index (χ1n) is 8.45. The Morgan fingerprint density at radius 2 is 2.04 bits per heavy atom. The summed E-state index contributed by atoms with van der Waals surface area (Å²) in [5, 5.41) is 15.9. The highest BCUT2D eigenvalue weighted by Gasteiger charge is 2.24. The van der Waals surface area contributed by atoms with E-state index in [0.29, 0.717) is 12.1 Å². The Labute approximate surface area is 150 Å². The number of carbonyl (C=O) groups excluding carboxylic acids is 1. The summed E-state index contributed by atoms with van der Waals surface area (Å²) in [7, 11) is 0. The zero-order valence-corrected chi connectivity index (χ0v) is 14.7. The molecule has 2 aromatic rings. The Morgan fingerprint density at radius 3 is 2.72 bits per heavy atom. The monoisotopic (exact) mass is 359 g/mol. The third-order valence-electron chi connectivity index (χ3n) is 4.48. The quantitative estimate of drug-likeness (QED) is 0.631. The zero-order chi connectivity index (χ0) is 17.6. The number of carbonyl (C=O) groups is 1. The number of thiophene rings is 1. The number of benzene rings is 1. The molecule has 0 spiro atoms. The van der Waals surface area contributed by atoms with E-state index in [4.69, 9.17) is 0 Å². The Hall–Kier alpha value is -2.25. The van der Waals surface area contributed by atoms with E-state index in [9.17, 15) is 14.9 Å².